The van der Waals surface area contributed by atoms with Crippen LogP contribution in [0.15, 0.2) is 34.5 Å². The number of azo groups is 1. The van der Waals surface area contributed by atoms with Crippen molar-refractivity contribution < 1.29 is 0 Å². The number of hydrogen-bond donors (Lipinski definition) is 0. The van der Waals surface area contributed by atoms with Crippen molar-refractivity contribution in [2.24, 2.45) is 10.2 Å². The van der Waals surface area contributed by atoms with E-state index >= 15 is 0 Å². The maximum atomic E-state index is 4.22. The zero-order chi connectivity index (χ0) is 13.9. The highest BCUT2D eigenvalue weighted by molar-refractivity contribution is 9.09. The summed E-state index contributed by atoms with van der Waals surface area (Å²) in [4.78, 5) is 0.666. The lowest BCUT2D eigenvalue weighted by Gasteiger charge is -2.06. The van der Waals surface area contributed by atoms with Gasteiger partial charge in [0.15, 0.2) is 0 Å². The van der Waals surface area contributed by atoms with Crippen LogP contribution in [0.4, 0.5) is 5.69 Å². The van der Waals surface area contributed by atoms with E-state index in [0.717, 1.165) is 25.1 Å². The normalized spacial score (nSPS) is 13.0. The van der Waals surface area contributed by atoms with Crippen LogP contribution in [0, 0.1) is 0 Å². The van der Waals surface area contributed by atoms with E-state index in [1.807, 2.05) is 0 Å². The van der Waals surface area contributed by atoms with Crippen LogP contribution in [-0.2, 0) is 6.42 Å². The number of rotatable bonds is 9. The Kier molecular flexibility index (Phi) is 8.72. The number of halogens is 1. The zero-order valence-corrected chi connectivity index (χ0v) is 13.7. The Morgan fingerprint density at radius 3 is 2.47 bits per heavy atom. The number of nitrogens with zero attached hydrogens (tertiary/aromatic N) is 2. The highest BCUT2D eigenvalue weighted by atomic mass is 79.9. The minimum Gasteiger partial charge on any atom is -0.189 e. The molecule has 0 aliphatic heterocycles. The zero-order valence-electron chi connectivity index (χ0n) is 12.1. The standard InChI is InChI=1S/C16H25BrN2/c1-3-5-13-18-19-16-11-9-14(10-12-16)7-6-8-15(17)4-2/h9-12,15H,3-8,13H2,1-2H3. The molecule has 0 radical (unpaired) electrons. The summed E-state index contributed by atoms with van der Waals surface area (Å²) in [5.74, 6) is 0. The van der Waals surface area contributed by atoms with Gasteiger partial charge in [-0.15, -0.1) is 0 Å². The molecule has 0 saturated carbocycles. The summed E-state index contributed by atoms with van der Waals surface area (Å²) >= 11 is 3.68. The molecule has 1 atom stereocenters. The minimum atomic E-state index is 0.666. The van der Waals surface area contributed by atoms with Crippen molar-refractivity contribution in [3.05, 3.63) is 29.8 Å². The first-order valence-corrected chi connectivity index (χ1v) is 8.28. The van der Waals surface area contributed by atoms with Gasteiger partial charge in [0.1, 0.15) is 0 Å². The van der Waals surface area contributed by atoms with E-state index in [0.29, 0.717) is 4.83 Å². The molecular formula is C16H25BrN2. The quantitative estimate of drug-likeness (QED) is 0.299. The molecule has 3 heteroatoms. The molecule has 19 heavy (non-hydrogen) atoms. The van der Waals surface area contributed by atoms with Crippen LogP contribution in [0.1, 0.15) is 51.5 Å². The van der Waals surface area contributed by atoms with Gasteiger partial charge in [0.05, 0.1) is 12.2 Å². The molecule has 1 aromatic carbocycles. The maximum Gasteiger partial charge on any atom is 0.0852 e. The molecule has 0 amide bonds. The van der Waals surface area contributed by atoms with Gasteiger partial charge < -0.3 is 0 Å². The van der Waals surface area contributed by atoms with Gasteiger partial charge in [-0.1, -0.05) is 48.3 Å². The Balaban J connectivity index is 2.33. The van der Waals surface area contributed by atoms with Crippen LogP contribution in [0.5, 0.6) is 0 Å². The molecule has 0 N–H and O–H groups in total. The van der Waals surface area contributed by atoms with Crippen molar-refractivity contribution in [2.45, 2.75) is 57.2 Å². The number of hydrogen-bond acceptors (Lipinski definition) is 2. The largest absolute Gasteiger partial charge is 0.189 e. The number of unbranched alkanes of at least 4 members (excludes halogenated alkanes) is 1. The molecule has 106 valence electrons. The Morgan fingerprint density at radius 2 is 1.84 bits per heavy atom. The Bertz CT molecular complexity index is 360. The van der Waals surface area contributed by atoms with E-state index in [4.69, 9.17) is 0 Å². The average molecular weight is 325 g/mol. The van der Waals surface area contributed by atoms with Crippen molar-refractivity contribution in [3.63, 3.8) is 0 Å². The number of alkyl halides is 1. The summed E-state index contributed by atoms with van der Waals surface area (Å²) in [6.45, 7) is 5.22. The van der Waals surface area contributed by atoms with E-state index < -0.39 is 0 Å². The van der Waals surface area contributed by atoms with Crippen LogP contribution < -0.4 is 0 Å². The fraction of sp³-hybridized carbons (Fsp3) is 0.625. The third kappa shape index (κ3) is 7.46. The van der Waals surface area contributed by atoms with Crippen molar-refractivity contribution in [1.29, 1.82) is 0 Å². The van der Waals surface area contributed by atoms with E-state index in [9.17, 15) is 0 Å². The first-order valence-electron chi connectivity index (χ1n) is 7.36. The molecule has 1 aromatic rings. The third-order valence-corrected chi connectivity index (χ3v) is 4.27. The lowest BCUT2D eigenvalue weighted by atomic mass is 10.1. The second-order valence-electron chi connectivity index (χ2n) is 4.88. The lowest BCUT2D eigenvalue weighted by molar-refractivity contribution is 0.690. The Labute approximate surface area is 125 Å². The predicted molar refractivity (Wildman–Crippen MR) is 86.7 cm³/mol. The van der Waals surface area contributed by atoms with Crippen LogP contribution >= 0.6 is 15.9 Å². The molecular weight excluding hydrogens is 300 g/mol. The maximum absolute atomic E-state index is 4.22. The lowest BCUT2D eigenvalue weighted by Crippen LogP contribution is -1.96. The molecule has 0 spiro atoms. The summed E-state index contributed by atoms with van der Waals surface area (Å²) in [5.41, 5.74) is 2.36. The first kappa shape index (κ1) is 16.4. The SMILES string of the molecule is CCCCN=Nc1ccc(CCCC(Br)CC)cc1. The van der Waals surface area contributed by atoms with Gasteiger partial charge in [0.25, 0.3) is 0 Å². The summed E-state index contributed by atoms with van der Waals surface area (Å²) in [6, 6.07) is 8.47. The first-order chi connectivity index (χ1) is 9.26. The molecule has 0 fully saturated rings. The van der Waals surface area contributed by atoms with Gasteiger partial charge in [-0.05, 0) is 49.8 Å². The smallest absolute Gasteiger partial charge is 0.0852 e. The molecule has 0 aliphatic carbocycles. The van der Waals surface area contributed by atoms with E-state index in [-0.39, 0.29) is 0 Å². The van der Waals surface area contributed by atoms with Gasteiger partial charge in [-0.3, -0.25) is 0 Å². The summed E-state index contributed by atoms with van der Waals surface area (Å²) in [5, 5.41) is 8.40. The van der Waals surface area contributed by atoms with Crippen molar-refractivity contribution >= 4 is 21.6 Å². The number of benzene rings is 1. The third-order valence-electron chi connectivity index (χ3n) is 3.16. The molecule has 0 heterocycles. The average Bonchev–Trinajstić information content (AvgIpc) is 2.45. The van der Waals surface area contributed by atoms with Gasteiger partial charge in [-0.2, -0.15) is 10.2 Å². The van der Waals surface area contributed by atoms with Gasteiger partial charge >= 0.3 is 0 Å². The molecule has 1 rings (SSSR count). The van der Waals surface area contributed by atoms with Crippen LogP contribution in [0.25, 0.3) is 0 Å². The molecule has 0 saturated heterocycles. The van der Waals surface area contributed by atoms with Crippen LogP contribution in [0.3, 0.4) is 0 Å². The second kappa shape index (κ2) is 10.1. The summed E-state index contributed by atoms with van der Waals surface area (Å²) in [6.07, 6.45) is 7.12. The minimum absolute atomic E-state index is 0.666. The van der Waals surface area contributed by atoms with E-state index in [2.05, 4.69) is 64.3 Å². The predicted octanol–water partition coefficient (Wildman–Crippen LogP) is 6.07. The van der Waals surface area contributed by atoms with Crippen molar-refractivity contribution in [1.82, 2.24) is 0 Å². The Morgan fingerprint density at radius 1 is 1.11 bits per heavy atom. The van der Waals surface area contributed by atoms with Crippen LogP contribution in [-0.4, -0.2) is 11.4 Å². The molecule has 2 nitrogen and oxygen atoms in total. The molecule has 0 bridgehead atoms. The van der Waals surface area contributed by atoms with E-state index in [1.165, 1.54) is 31.2 Å². The monoisotopic (exact) mass is 324 g/mol. The fourth-order valence-electron chi connectivity index (χ4n) is 1.82. The molecule has 0 aliphatic rings. The molecule has 1 unspecified atom stereocenters. The fourth-order valence-corrected chi connectivity index (χ4v) is 2.15. The Hall–Kier alpha value is -0.700. The second-order valence-corrected chi connectivity index (χ2v) is 6.18. The van der Waals surface area contributed by atoms with Crippen molar-refractivity contribution in [2.75, 3.05) is 6.54 Å². The summed E-state index contributed by atoms with van der Waals surface area (Å²) in [7, 11) is 0. The topological polar surface area (TPSA) is 24.7 Å². The van der Waals surface area contributed by atoms with Gasteiger partial charge in [0, 0.05) is 4.83 Å². The summed E-state index contributed by atoms with van der Waals surface area (Å²) < 4.78 is 0. The number of aryl methyl sites for hydroxylation is 1. The van der Waals surface area contributed by atoms with Crippen molar-refractivity contribution in [3.8, 4) is 0 Å². The highest BCUT2D eigenvalue weighted by Gasteiger charge is 2.01. The van der Waals surface area contributed by atoms with Gasteiger partial charge in [-0.25, -0.2) is 0 Å². The highest BCUT2D eigenvalue weighted by Crippen LogP contribution is 2.17. The van der Waals surface area contributed by atoms with Gasteiger partial charge in [0.2, 0.25) is 0 Å². The molecule has 0 aromatic heterocycles. The van der Waals surface area contributed by atoms with Crippen LogP contribution in [0.2, 0.25) is 0 Å². The van der Waals surface area contributed by atoms with E-state index in [1.54, 1.807) is 0 Å².